The van der Waals surface area contributed by atoms with Gasteiger partial charge in [-0.15, -0.1) is 0 Å². The van der Waals surface area contributed by atoms with Crippen LogP contribution in [0.2, 0.25) is 0 Å². The molecule has 33 heavy (non-hydrogen) atoms. The topological polar surface area (TPSA) is 88.6 Å². The number of H-pyrrole nitrogens is 1. The van der Waals surface area contributed by atoms with Crippen molar-refractivity contribution in [1.82, 2.24) is 4.98 Å². The lowest BCUT2D eigenvalue weighted by Gasteiger charge is -2.64. The number of rotatable bonds is 0. The van der Waals surface area contributed by atoms with Crippen LogP contribution < -0.4 is 0 Å². The number of ketones is 2. The third-order valence-corrected chi connectivity index (χ3v) is 10.0. The van der Waals surface area contributed by atoms with E-state index in [0.717, 1.165) is 17.6 Å². The summed E-state index contributed by atoms with van der Waals surface area (Å²) in [4.78, 5) is 30.6. The first kappa shape index (κ1) is 20.1. The van der Waals surface area contributed by atoms with Crippen LogP contribution in [0.4, 0.5) is 0 Å². The van der Waals surface area contributed by atoms with Crippen LogP contribution in [0.1, 0.15) is 58.2 Å². The summed E-state index contributed by atoms with van der Waals surface area (Å²) in [6, 6.07) is 8.27. The van der Waals surface area contributed by atoms with Crippen molar-refractivity contribution in [2.24, 2.45) is 11.3 Å². The molecule has 2 aromatic rings. The molecule has 172 valence electrons. The summed E-state index contributed by atoms with van der Waals surface area (Å²) in [6.07, 6.45) is 2.86. The summed E-state index contributed by atoms with van der Waals surface area (Å²) in [6.45, 7) is 7.91. The fourth-order valence-corrected chi connectivity index (χ4v) is 8.18. The van der Waals surface area contributed by atoms with Gasteiger partial charge in [-0.3, -0.25) is 9.59 Å². The van der Waals surface area contributed by atoms with E-state index in [4.69, 9.17) is 9.47 Å². The zero-order chi connectivity index (χ0) is 23.2. The lowest BCUT2D eigenvalue weighted by Crippen LogP contribution is -2.73. The van der Waals surface area contributed by atoms with E-state index in [1.54, 1.807) is 0 Å². The molecular weight excluding hydrogens is 418 g/mol. The van der Waals surface area contributed by atoms with Gasteiger partial charge in [-0.25, -0.2) is 0 Å². The molecule has 6 nitrogen and oxygen atoms in total. The van der Waals surface area contributed by atoms with Crippen molar-refractivity contribution >= 4 is 22.5 Å². The molecule has 2 bridgehead atoms. The molecule has 1 aromatic carbocycles. The Balaban J connectivity index is 1.47. The Bertz CT molecular complexity index is 1320. The van der Waals surface area contributed by atoms with Gasteiger partial charge in [0.1, 0.15) is 5.60 Å². The Morgan fingerprint density at radius 1 is 1.06 bits per heavy atom. The molecule has 1 spiro atoms. The predicted molar refractivity (Wildman–Crippen MR) is 121 cm³/mol. The third kappa shape index (κ3) is 1.93. The van der Waals surface area contributed by atoms with Crippen LogP contribution in [0.25, 0.3) is 10.9 Å². The number of para-hydroxylation sites is 1. The first-order valence-electron chi connectivity index (χ1n) is 12.0. The van der Waals surface area contributed by atoms with Crippen molar-refractivity contribution in [2.75, 3.05) is 0 Å². The molecular formula is C27H29NO5. The van der Waals surface area contributed by atoms with Crippen LogP contribution in [0, 0.1) is 11.3 Å². The Hall–Kier alpha value is -2.28. The van der Waals surface area contributed by atoms with Gasteiger partial charge in [0.15, 0.2) is 29.1 Å². The summed E-state index contributed by atoms with van der Waals surface area (Å²) >= 11 is 0. The molecule has 0 amide bonds. The molecule has 3 heterocycles. The van der Waals surface area contributed by atoms with Crippen LogP contribution in [0.15, 0.2) is 35.9 Å². The van der Waals surface area contributed by atoms with E-state index >= 15 is 0 Å². The van der Waals surface area contributed by atoms with Crippen LogP contribution in [0.3, 0.4) is 0 Å². The standard InChI is InChI=1S/C27H29NO5/c1-23(2)22-18(29)13-19-26(32-22,33-23)10-9-24(3)25(4)14(12-20(30)27(19,24)31)11-16-15-7-5-6-8-17(15)28-21(16)25/h5-8,13-14,22,28,31H,9-12H2,1-4H3/t14-,22?,24-,25-,26+,27+/m1/s1. The molecule has 5 aliphatic rings. The highest BCUT2D eigenvalue weighted by atomic mass is 16.8. The van der Waals surface area contributed by atoms with Gasteiger partial charge >= 0.3 is 0 Å². The number of hydrogen-bond acceptors (Lipinski definition) is 5. The number of ether oxygens (including phenoxy) is 2. The second-order valence-electron chi connectivity index (χ2n) is 11.7. The Labute approximate surface area is 192 Å². The van der Waals surface area contributed by atoms with Crippen molar-refractivity contribution in [3.05, 3.63) is 47.2 Å². The molecule has 6 heteroatoms. The molecule has 3 fully saturated rings. The summed E-state index contributed by atoms with van der Waals surface area (Å²) < 4.78 is 12.6. The van der Waals surface area contributed by atoms with Crippen molar-refractivity contribution in [1.29, 1.82) is 0 Å². The lowest BCUT2D eigenvalue weighted by molar-refractivity contribution is -0.240. The highest BCUT2D eigenvalue weighted by Crippen LogP contribution is 2.70. The largest absolute Gasteiger partial charge is 0.377 e. The van der Waals surface area contributed by atoms with Crippen LogP contribution in [0.5, 0.6) is 0 Å². The second kappa shape index (κ2) is 5.51. The number of benzene rings is 1. The average Bonchev–Trinajstić information content (AvgIpc) is 3.34. The monoisotopic (exact) mass is 447 g/mol. The molecule has 0 radical (unpaired) electrons. The second-order valence-corrected chi connectivity index (χ2v) is 11.7. The van der Waals surface area contributed by atoms with Gasteiger partial charge in [0.05, 0.1) is 0 Å². The maximum absolute atomic E-state index is 13.8. The molecule has 2 N–H and O–H groups in total. The minimum absolute atomic E-state index is 0.0877. The van der Waals surface area contributed by atoms with E-state index in [1.807, 2.05) is 32.9 Å². The zero-order valence-corrected chi connectivity index (χ0v) is 19.5. The summed E-state index contributed by atoms with van der Waals surface area (Å²) in [5, 5.41) is 13.7. The minimum atomic E-state index is -1.84. The first-order chi connectivity index (χ1) is 15.5. The molecule has 3 aliphatic carbocycles. The first-order valence-corrected chi connectivity index (χ1v) is 12.0. The SMILES string of the molecule is CC1(C)O[C@@]23CC[C@@]4(C)[C@@](O)(C(=O)C[C@H]5Cc6c([nH]c7ccccc67)[C@@]54C)C2=CC(=O)C1O3. The smallest absolute Gasteiger partial charge is 0.196 e. The average molecular weight is 448 g/mol. The van der Waals surface area contributed by atoms with E-state index < -0.39 is 33.9 Å². The van der Waals surface area contributed by atoms with Crippen LogP contribution >= 0.6 is 0 Å². The van der Waals surface area contributed by atoms with E-state index in [9.17, 15) is 14.7 Å². The maximum Gasteiger partial charge on any atom is 0.196 e. The van der Waals surface area contributed by atoms with E-state index in [0.29, 0.717) is 18.4 Å². The Morgan fingerprint density at radius 2 is 1.82 bits per heavy atom. The summed E-state index contributed by atoms with van der Waals surface area (Å²) in [5.74, 6) is -1.60. The quantitative estimate of drug-likeness (QED) is 0.645. The molecule has 1 aromatic heterocycles. The van der Waals surface area contributed by atoms with Gasteiger partial charge in [-0.1, -0.05) is 32.0 Å². The molecule has 7 rings (SSSR count). The minimum Gasteiger partial charge on any atom is -0.377 e. The van der Waals surface area contributed by atoms with E-state index in [-0.39, 0.29) is 23.9 Å². The lowest BCUT2D eigenvalue weighted by atomic mass is 9.42. The van der Waals surface area contributed by atoms with E-state index in [1.165, 1.54) is 17.0 Å². The number of hydrogen-bond donors (Lipinski definition) is 2. The Kier molecular flexibility index (Phi) is 3.36. The van der Waals surface area contributed by atoms with Crippen LogP contribution in [-0.2, 0) is 30.9 Å². The molecule has 2 saturated carbocycles. The van der Waals surface area contributed by atoms with E-state index in [2.05, 4.69) is 24.0 Å². The molecule has 1 unspecified atom stereocenters. The number of aromatic nitrogens is 1. The maximum atomic E-state index is 13.8. The number of aliphatic hydroxyl groups is 1. The highest BCUT2D eigenvalue weighted by molar-refractivity contribution is 6.02. The number of fused-ring (bicyclic) bond motifs is 9. The zero-order valence-electron chi connectivity index (χ0n) is 19.5. The highest BCUT2D eigenvalue weighted by Gasteiger charge is 2.77. The number of aromatic amines is 1. The van der Waals surface area contributed by atoms with Crippen molar-refractivity contribution in [3.63, 3.8) is 0 Å². The third-order valence-electron chi connectivity index (χ3n) is 10.0. The number of carbonyl (C=O) groups is 2. The van der Waals surface area contributed by atoms with Crippen molar-refractivity contribution in [3.8, 4) is 0 Å². The number of carbonyl (C=O) groups excluding carboxylic acids is 2. The fraction of sp³-hybridized carbons (Fsp3) is 0.556. The number of nitrogens with one attached hydrogen (secondary N) is 1. The molecule has 6 atom stereocenters. The van der Waals surface area contributed by atoms with Gasteiger partial charge in [0, 0.05) is 45.8 Å². The normalized spacial score (nSPS) is 44.8. The van der Waals surface area contributed by atoms with Gasteiger partial charge in [-0.2, -0.15) is 0 Å². The van der Waals surface area contributed by atoms with Gasteiger partial charge in [-0.05, 0) is 50.3 Å². The van der Waals surface area contributed by atoms with Crippen LogP contribution in [-0.4, -0.2) is 44.8 Å². The van der Waals surface area contributed by atoms with Gasteiger partial charge in [0.25, 0.3) is 0 Å². The van der Waals surface area contributed by atoms with Crippen molar-refractivity contribution < 1.29 is 24.2 Å². The molecule has 1 saturated heterocycles. The van der Waals surface area contributed by atoms with Crippen molar-refractivity contribution in [2.45, 2.75) is 81.9 Å². The fourth-order valence-electron chi connectivity index (χ4n) is 8.18. The predicted octanol–water partition coefficient (Wildman–Crippen LogP) is 3.50. The summed E-state index contributed by atoms with van der Waals surface area (Å²) in [5.41, 5.74) is -0.191. The molecule has 2 aliphatic heterocycles. The summed E-state index contributed by atoms with van der Waals surface area (Å²) in [7, 11) is 0. The number of Topliss-reactive ketones (excluding diaryl/α,β-unsaturated/α-hetero) is 1. The Morgan fingerprint density at radius 3 is 2.61 bits per heavy atom. The van der Waals surface area contributed by atoms with Gasteiger partial charge in [0.2, 0.25) is 0 Å². The van der Waals surface area contributed by atoms with Gasteiger partial charge < -0.3 is 19.6 Å².